The van der Waals surface area contributed by atoms with Gasteiger partial charge in [0.2, 0.25) is 0 Å². The van der Waals surface area contributed by atoms with Crippen LogP contribution in [-0.4, -0.2) is 5.38 Å². The molecule has 0 spiro atoms. The lowest BCUT2D eigenvalue weighted by atomic mass is 9.68. The van der Waals surface area contributed by atoms with Gasteiger partial charge in [-0.15, -0.1) is 11.6 Å². The van der Waals surface area contributed by atoms with Crippen molar-refractivity contribution in [2.24, 2.45) is 17.3 Å². The van der Waals surface area contributed by atoms with E-state index in [2.05, 4.69) is 51.1 Å². The zero-order chi connectivity index (χ0) is 13.2. The average molecular weight is 265 g/mol. The first-order valence-corrected chi connectivity index (χ1v) is 7.58. The summed E-state index contributed by atoms with van der Waals surface area (Å²) in [6.07, 6.45) is 4.90. The molecule has 1 aromatic rings. The highest BCUT2D eigenvalue weighted by Crippen LogP contribution is 2.42. The van der Waals surface area contributed by atoms with Crippen LogP contribution in [0.1, 0.15) is 45.6 Å². The van der Waals surface area contributed by atoms with Crippen LogP contribution in [0.4, 0.5) is 0 Å². The topological polar surface area (TPSA) is 0 Å². The molecule has 0 nitrogen and oxygen atoms in total. The summed E-state index contributed by atoms with van der Waals surface area (Å²) in [5.74, 6) is 1.47. The molecule has 1 aliphatic carbocycles. The minimum absolute atomic E-state index is 0.365. The van der Waals surface area contributed by atoms with Gasteiger partial charge < -0.3 is 0 Å². The number of rotatable bonds is 2. The molecule has 100 valence electrons. The van der Waals surface area contributed by atoms with E-state index in [0.717, 1.165) is 12.3 Å². The standard InChI is InChI=1S/C17H25Cl/c1-17(2,3)15-9-10-16(18)14(12-15)11-13-7-5-4-6-8-13/h4-8,14-16H,9-12H2,1-3H3. The summed E-state index contributed by atoms with van der Waals surface area (Å²) in [5, 5.41) is 0.365. The molecule has 3 atom stereocenters. The van der Waals surface area contributed by atoms with Crippen LogP contribution < -0.4 is 0 Å². The molecule has 0 aliphatic heterocycles. The minimum atomic E-state index is 0.365. The summed E-state index contributed by atoms with van der Waals surface area (Å²) < 4.78 is 0. The zero-order valence-electron chi connectivity index (χ0n) is 11.8. The zero-order valence-corrected chi connectivity index (χ0v) is 12.6. The molecule has 1 heteroatoms. The highest BCUT2D eigenvalue weighted by atomic mass is 35.5. The predicted molar refractivity (Wildman–Crippen MR) is 80.1 cm³/mol. The molecule has 1 aliphatic rings. The quantitative estimate of drug-likeness (QED) is 0.636. The Bertz CT molecular complexity index is 363. The van der Waals surface area contributed by atoms with Crippen molar-refractivity contribution in [1.82, 2.24) is 0 Å². The SMILES string of the molecule is CC(C)(C)C1CCC(Cl)C(Cc2ccccc2)C1. The Balaban J connectivity index is 2.02. The van der Waals surface area contributed by atoms with Crippen molar-refractivity contribution in [2.75, 3.05) is 0 Å². The largest absolute Gasteiger partial charge is 0.123 e. The Kier molecular flexibility index (Phi) is 4.37. The maximum absolute atomic E-state index is 6.55. The Hall–Kier alpha value is -0.490. The van der Waals surface area contributed by atoms with Crippen LogP contribution >= 0.6 is 11.6 Å². The van der Waals surface area contributed by atoms with Gasteiger partial charge >= 0.3 is 0 Å². The molecule has 0 amide bonds. The average Bonchev–Trinajstić information content (AvgIpc) is 2.32. The van der Waals surface area contributed by atoms with Gasteiger partial charge in [0.15, 0.2) is 0 Å². The highest BCUT2D eigenvalue weighted by molar-refractivity contribution is 6.20. The molecular formula is C17H25Cl. The van der Waals surface area contributed by atoms with E-state index >= 15 is 0 Å². The lowest BCUT2D eigenvalue weighted by Gasteiger charge is -2.40. The number of hydrogen-bond acceptors (Lipinski definition) is 0. The van der Waals surface area contributed by atoms with Crippen LogP contribution in [0.5, 0.6) is 0 Å². The lowest BCUT2D eigenvalue weighted by Crippen LogP contribution is -2.33. The Morgan fingerprint density at radius 1 is 1.11 bits per heavy atom. The third kappa shape index (κ3) is 3.51. The van der Waals surface area contributed by atoms with Crippen molar-refractivity contribution >= 4 is 11.6 Å². The van der Waals surface area contributed by atoms with Gasteiger partial charge in [0.05, 0.1) is 0 Å². The van der Waals surface area contributed by atoms with Gasteiger partial charge in [-0.1, -0.05) is 51.1 Å². The number of alkyl halides is 1. The first-order chi connectivity index (χ1) is 8.47. The number of benzene rings is 1. The molecule has 18 heavy (non-hydrogen) atoms. The van der Waals surface area contributed by atoms with Crippen LogP contribution in [0.3, 0.4) is 0 Å². The van der Waals surface area contributed by atoms with Gasteiger partial charge in [-0.05, 0) is 48.5 Å². The summed E-state index contributed by atoms with van der Waals surface area (Å²) in [6, 6.07) is 10.8. The second-order valence-electron chi connectivity index (χ2n) is 6.84. The minimum Gasteiger partial charge on any atom is -0.123 e. The molecule has 0 heterocycles. The van der Waals surface area contributed by atoms with Crippen molar-refractivity contribution in [2.45, 2.75) is 51.8 Å². The molecule has 1 aromatic carbocycles. The van der Waals surface area contributed by atoms with Gasteiger partial charge in [-0.2, -0.15) is 0 Å². The predicted octanol–water partition coefficient (Wildman–Crippen LogP) is 5.30. The molecule has 3 unspecified atom stereocenters. The molecule has 0 saturated heterocycles. The van der Waals surface area contributed by atoms with E-state index in [1.54, 1.807) is 0 Å². The molecule has 1 saturated carbocycles. The lowest BCUT2D eigenvalue weighted by molar-refractivity contribution is 0.144. The van der Waals surface area contributed by atoms with Crippen LogP contribution in [-0.2, 0) is 6.42 Å². The summed E-state index contributed by atoms with van der Waals surface area (Å²) in [7, 11) is 0. The second-order valence-corrected chi connectivity index (χ2v) is 7.40. The van der Waals surface area contributed by atoms with Crippen LogP contribution in [0.15, 0.2) is 30.3 Å². The Morgan fingerprint density at radius 2 is 1.78 bits per heavy atom. The molecule has 2 rings (SSSR count). The van der Waals surface area contributed by atoms with Gasteiger partial charge in [-0.3, -0.25) is 0 Å². The van der Waals surface area contributed by atoms with Crippen molar-refractivity contribution in [1.29, 1.82) is 0 Å². The van der Waals surface area contributed by atoms with Crippen molar-refractivity contribution in [3.05, 3.63) is 35.9 Å². The van der Waals surface area contributed by atoms with E-state index in [1.807, 2.05) is 0 Å². The highest BCUT2D eigenvalue weighted by Gasteiger charge is 2.34. The molecular weight excluding hydrogens is 240 g/mol. The van der Waals surface area contributed by atoms with Crippen molar-refractivity contribution in [3.8, 4) is 0 Å². The van der Waals surface area contributed by atoms with Gasteiger partial charge in [0.1, 0.15) is 0 Å². The number of hydrogen-bond donors (Lipinski definition) is 0. The molecule has 0 radical (unpaired) electrons. The van der Waals surface area contributed by atoms with E-state index < -0.39 is 0 Å². The first-order valence-electron chi connectivity index (χ1n) is 7.15. The smallest absolute Gasteiger partial charge is 0.0367 e. The normalized spacial score (nSPS) is 29.2. The van der Waals surface area contributed by atoms with E-state index in [9.17, 15) is 0 Å². The van der Waals surface area contributed by atoms with Crippen LogP contribution in [0.2, 0.25) is 0 Å². The summed E-state index contributed by atoms with van der Waals surface area (Å²) in [6.45, 7) is 7.10. The fourth-order valence-corrected chi connectivity index (χ4v) is 3.46. The van der Waals surface area contributed by atoms with Crippen LogP contribution in [0, 0.1) is 17.3 Å². The monoisotopic (exact) mass is 264 g/mol. The van der Waals surface area contributed by atoms with Crippen molar-refractivity contribution in [3.63, 3.8) is 0 Å². The van der Waals surface area contributed by atoms with Gasteiger partial charge in [0, 0.05) is 5.38 Å². The summed E-state index contributed by atoms with van der Waals surface area (Å²) in [4.78, 5) is 0. The molecule has 0 N–H and O–H groups in total. The summed E-state index contributed by atoms with van der Waals surface area (Å²) in [5.41, 5.74) is 1.86. The fourth-order valence-electron chi connectivity index (χ4n) is 3.14. The van der Waals surface area contributed by atoms with Gasteiger partial charge in [0.25, 0.3) is 0 Å². The molecule has 0 bridgehead atoms. The molecule has 0 aromatic heterocycles. The third-order valence-electron chi connectivity index (χ3n) is 4.46. The maximum atomic E-state index is 6.55. The van der Waals surface area contributed by atoms with Crippen LogP contribution in [0.25, 0.3) is 0 Å². The maximum Gasteiger partial charge on any atom is 0.0367 e. The van der Waals surface area contributed by atoms with E-state index in [0.29, 0.717) is 16.7 Å². The van der Waals surface area contributed by atoms with E-state index in [-0.39, 0.29) is 0 Å². The third-order valence-corrected chi connectivity index (χ3v) is 5.03. The Labute approximate surface area is 117 Å². The van der Waals surface area contributed by atoms with E-state index in [4.69, 9.17) is 11.6 Å². The summed E-state index contributed by atoms with van der Waals surface area (Å²) >= 11 is 6.55. The first kappa shape index (κ1) is 13.9. The number of halogens is 1. The van der Waals surface area contributed by atoms with Gasteiger partial charge in [-0.25, -0.2) is 0 Å². The molecule has 1 fully saturated rings. The second kappa shape index (κ2) is 5.65. The van der Waals surface area contributed by atoms with E-state index in [1.165, 1.54) is 24.8 Å². The Morgan fingerprint density at radius 3 is 2.39 bits per heavy atom. The van der Waals surface area contributed by atoms with Crippen molar-refractivity contribution < 1.29 is 0 Å². The fraction of sp³-hybridized carbons (Fsp3) is 0.647.